The quantitative estimate of drug-likeness (QED) is 0.156. The van der Waals surface area contributed by atoms with Gasteiger partial charge >= 0.3 is 5.97 Å². The number of ether oxygens (including phenoxy) is 2. The maximum absolute atomic E-state index is 12.5. The van der Waals surface area contributed by atoms with Gasteiger partial charge in [-0.2, -0.15) is 0 Å². The van der Waals surface area contributed by atoms with Gasteiger partial charge in [-0.25, -0.2) is 14.8 Å². The van der Waals surface area contributed by atoms with E-state index in [4.69, 9.17) is 9.47 Å². The smallest absolute Gasteiger partial charge is 0.344 e. The molecule has 0 aliphatic heterocycles. The summed E-state index contributed by atoms with van der Waals surface area (Å²) in [5.41, 5.74) is 3.33. The fourth-order valence-corrected chi connectivity index (χ4v) is 3.35. The van der Waals surface area contributed by atoms with E-state index in [1.807, 2.05) is 42.5 Å². The lowest BCUT2D eigenvalue weighted by Gasteiger charge is -2.11. The SMILES string of the molecule is C=CCCCCCc1ccc(C(=O)Oc2cnc(-c3ccc(OC[C@@H](C)CC)cc3)cn2)cc1. The molecule has 1 heterocycles. The molecule has 34 heavy (non-hydrogen) atoms. The molecule has 0 bridgehead atoms. The standard InChI is InChI=1S/C29H34N2O3/c1-4-6-7-8-9-10-23-11-13-25(14-12-23)29(32)34-28-20-30-27(19-31-28)24-15-17-26(18-16-24)33-21-22(3)5-2/h4,11-20,22H,1,5-10,21H2,2-3H3/t22-/m0/s1. The molecule has 5 heteroatoms. The van der Waals surface area contributed by atoms with Crippen LogP contribution >= 0.6 is 0 Å². The van der Waals surface area contributed by atoms with Crippen molar-refractivity contribution in [3.63, 3.8) is 0 Å². The van der Waals surface area contributed by atoms with Gasteiger partial charge in [0.05, 0.1) is 30.3 Å². The van der Waals surface area contributed by atoms with Crippen LogP contribution in [-0.2, 0) is 6.42 Å². The van der Waals surface area contributed by atoms with Gasteiger partial charge in [0.2, 0.25) is 5.88 Å². The highest BCUT2D eigenvalue weighted by molar-refractivity contribution is 5.90. The zero-order chi connectivity index (χ0) is 24.2. The second-order valence-electron chi connectivity index (χ2n) is 8.56. The number of nitrogens with zero attached hydrogens (tertiary/aromatic N) is 2. The van der Waals surface area contributed by atoms with Gasteiger partial charge in [-0.1, -0.05) is 44.9 Å². The molecule has 0 N–H and O–H groups in total. The van der Waals surface area contributed by atoms with E-state index in [0.29, 0.717) is 23.8 Å². The molecule has 1 atom stereocenters. The van der Waals surface area contributed by atoms with Crippen molar-refractivity contribution in [3.05, 3.63) is 84.7 Å². The minimum Gasteiger partial charge on any atom is -0.493 e. The molecule has 0 saturated heterocycles. The first kappa shape index (κ1) is 25.2. The number of aryl methyl sites for hydroxylation is 1. The van der Waals surface area contributed by atoms with Crippen molar-refractivity contribution in [1.29, 1.82) is 0 Å². The van der Waals surface area contributed by atoms with Crippen molar-refractivity contribution >= 4 is 5.97 Å². The first-order valence-electron chi connectivity index (χ1n) is 12.1. The number of hydrogen-bond donors (Lipinski definition) is 0. The Morgan fingerprint density at radius 2 is 1.76 bits per heavy atom. The van der Waals surface area contributed by atoms with Gasteiger partial charge in [0.1, 0.15) is 5.75 Å². The average Bonchev–Trinajstić information content (AvgIpc) is 2.88. The summed E-state index contributed by atoms with van der Waals surface area (Å²) >= 11 is 0. The third-order valence-electron chi connectivity index (χ3n) is 5.77. The Bertz CT molecular complexity index is 1030. The van der Waals surface area contributed by atoms with Gasteiger partial charge in [0.15, 0.2) is 0 Å². The zero-order valence-electron chi connectivity index (χ0n) is 20.2. The van der Waals surface area contributed by atoms with E-state index in [1.54, 1.807) is 18.3 Å². The van der Waals surface area contributed by atoms with Crippen LogP contribution in [0, 0.1) is 5.92 Å². The van der Waals surface area contributed by atoms with Crippen LogP contribution in [0.2, 0.25) is 0 Å². The monoisotopic (exact) mass is 458 g/mol. The summed E-state index contributed by atoms with van der Waals surface area (Å²) in [7, 11) is 0. The predicted molar refractivity (Wildman–Crippen MR) is 136 cm³/mol. The lowest BCUT2D eigenvalue weighted by Crippen LogP contribution is -2.09. The van der Waals surface area contributed by atoms with Crippen molar-refractivity contribution in [2.75, 3.05) is 6.61 Å². The molecule has 0 radical (unpaired) electrons. The molecule has 0 amide bonds. The highest BCUT2D eigenvalue weighted by Gasteiger charge is 2.11. The Labute approximate surface area is 202 Å². The summed E-state index contributed by atoms with van der Waals surface area (Å²) in [5, 5.41) is 0. The third-order valence-corrected chi connectivity index (χ3v) is 5.77. The third kappa shape index (κ3) is 7.84. The number of aromatic nitrogens is 2. The van der Waals surface area contributed by atoms with Gasteiger partial charge < -0.3 is 9.47 Å². The Hall–Kier alpha value is -3.47. The van der Waals surface area contributed by atoms with Crippen molar-refractivity contribution < 1.29 is 14.3 Å². The summed E-state index contributed by atoms with van der Waals surface area (Å²) in [6.45, 7) is 8.77. The topological polar surface area (TPSA) is 61.3 Å². The van der Waals surface area contributed by atoms with Crippen LogP contribution in [0.3, 0.4) is 0 Å². The maximum atomic E-state index is 12.5. The normalized spacial score (nSPS) is 11.6. The van der Waals surface area contributed by atoms with E-state index >= 15 is 0 Å². The predicted octanol–water partition coefficient (Wildman–Crippen LogP) is 7.08. The number of rotatable bonds is 13. The average molecular weight is 459 g/mol. The van der Waals surface area contributed by atoms with Gasteiger partial charge in [0, 0.05) is 5.56 Å². The second-order valence-corrected chi connectivity index (χ2v) is 8.56. The fourth-order valence-electron chi connectivity index (χ4n) is 3.35. The van der Waals surface area contributed by atoms with Crippen LogP contribution in [0.25, 0.3) is 11.3 Å². The van der Waals surface area contributed by atoms with Crippen LogP contribution in [0.1, 0.15) is 61.9 Å². The number of allylic oxidation sites excluding steroid dienone is 1. The van der Waals surface area contributed by atoms with Gasteiger partial charge in [-0.05, 0) is 73.6 Å². The molecule has 178 valence electrons. The molecule has 0 aliphatic carbocycles. The van der Waals surface area contributed by atoms with Gasteiger partial charge in [-0.3, -0.25) is 0 Å². The summed E-state index contributed by atoms with van der Waals surface area (Å²) in [6.07, 6.45) is 11.7. The number of esters is 1. The largest absolute Gasteiger partial charge is 0.493 e. The highest BCUT2D eigenvalue weighted by Crippen LogP contribution is 2.22. The van der Waals surface area contributed by atoms with E-state index in [2.05, 4.69) is 30.4 Å². The first-order chi connectivity index (χ1) is 16.6. The molecule has 0 unspecified atom stereocenters. The van der Waals surface area contributed by atoms with E-state index < -0.39 is 5.97 Å². The Balaban J connectivity index is 1.51. The Kier molecular flexibility index (Phi) is 9.83. The maximum Gasteiger partial charge on any atom is 0.344 e. The number of hydrogen-bond acceptors (Lipinski definition) is 5. The van der Waals surface area contributed by atoms with Crippen LogP contribution in [0.4, 0.5) is 0 Å². The molecule has 5 nitrogen and oxygen atoms in total. The molecule has 1 aromatic heterocycles. The molecular weight excluding hydrogens is 424 g/mol. The van der Waals surface area contributed by atoms with Crippen LogP contribution in [-0.4, -0.2) is 22.5 Å². The molecule has 3 aromatic rings. The molecule has 0 saturated carbocycles. The van der Waals surface area contributed by atoms with E-state index in [0.717, 1.165) is 37.0 Å². The highest BCUT2D eigenvalue weighted by atomic mass is 16.5. The van der Waals surface area contributed by atoms with Crippen molar-refractivity contribution in [2.45, 2.75) is 52.4 Å². The van der Waals surface area contributed by atoms with Crippen molar-refractivity contribution in [1.82, 2.24) is 9.97 Å². The first-order valence-corrected chi connectivity index (χ1v) is 12.1. The van der Waals surface area contributed by atoms with Gasteiger partial charge in [-0.15, -0.1) is 6.58 Å². The molecule has 0 spiro atoms. The molecule has 0 aliphatic rings. The number of carbonyl (C=O) groups is 1. The molecule has 0 fully saturated rings. The van der Waals surface area contributed by atoms with Crippen LogP contribution in [0.15, 0.2) is 73.6 Å². The minimum absolute atomic E-state index is 0.175. The van der Waals surface area contributed by atoms with E-state index in [1.165, 1.54) is 24.6 Å². The number of unbranched alkanes of at least 4 members (excludes halogenated alkanes) is 3. The summed E-state index contributed by atoms with van der Waals surface area (Å²) in [4.78, 5) is 21.1. The van der Waals surface area contributed by atoms with Crippen LogP contribution < -0.4 is 9.47 Å². The van der Waals surface area contributed by atoms with E-state index in [9.17, 15) is 4.79 Å². The molecular formula is C29H34N2O3. The number of benzene rings is 2. The van der Waals surface area contributed by atoms with Crippen molar-refractivity contribution in [3.8, 4) is 22.9 Å². The second kappa shape index (κ2) is 13.3. The summed E-state index contributed by atoms with van der Waals surface area (Å²) in [5.74, 6) is 1.09. The Morgan fingerprint density at radius 1 is 1.00 bits per heavy atom. The summed E-state index contributed by atoms with van der Waals surface area (Å²) in [6, 6.07) is 15.3. The number of carbonyl (C=O) groups excluding carboxylic acids is 1. The zero-order valence-corrected chi connectivity index (χ0v) is 20.2. The Morgan fingerprint density at radius 3 is 2.41 bits per heavy atom. The lowest BCUT2D eigenvalue weighted by molar-refractivity contribution is 0.0727. The fraction of sp³-hybridized carbons (Fsp3) is 0.345. The summed E-state index contributed by atoms with van der Waals surface area (Å²) < 4.78 is 11.2. The van der Waals surface area contributed by atoms with Crippen LogP contribution in [0.5, 0.6) is 11.6 Å². The van der Waals surface area contributed by atoms with E-state index in [-0.39, 0.29) is 5.88 Å². The molecule has 3 rings (SSSR count). The lowest BCUT2D eigenvalue weighted by atomic mass is 10.0. The van der Waals surface area contributed by atoms with Gasteiger partial charge in [0.25, 0.3) is 0 Å². The van der Waals surface area contributed by atoms with Crippen molar-refractivity contribution in [2.24, 2.45) is 5.92 Å². The molecule has 2 aromatic carbocycles. The minimum atomic E-state index is -0.442.